The van der Waals surface area contributed by atoms with Crippen LogP contribution in [-0.2, 0) is 6.61 Å². The standard InChI is InChI=1S/C23H24ClN3O4/c1-15(2)21(16-8-10-17(24)11-9-16)25-23(29)27-26-22(28)20-13-12-19(31-20)14-30-18-6-4-3-5-7-18/h3-13,15,21H,14H2,1-2H3,(H,26,28)(H2,25,27,29). The normalized spacial score (nSPS) is 11.6. The number of furan rings is 1. The van der Waals surface area contributed by atoms with Crippen molar-refractivity contribution in [2.45, 2.75) is 26.5 Å². The van der Waals surface area contributed by atoms with Crippen molar-refractivity contribution in [3.63, 3.8) is 0 Å². The molecule has 0 bridgehead atoms. The molecule has 0 spiro atoms. The number of carbonyl (C=O) groups is 2. The van der Waals surface area contributed by atoms with Gasteiger partial charge in [-0.15, -0.1) is 0 Å². The van der Waals surface area contributed by atoms with Gasteiger partial charge in [-0.1, -0.05) is 55.8 Å². The van der Waals surface area contributed by atoms with E-state index in [1.54, 1.807) is 18.2 Å². The molecule has 0 aliphatic carbocycles. The van der Waals surface area contributed by atoms with Crippen LogP contribution in [0.5, 0.6) is 5.75 Å². The van der Waals surface area contributed by atoms with Gasteiger partial charge >= 0.3 is 11.9 Å². The molecular formula is C23H24ClN3O4. The summed E-state index contributed by atoms with van der Waals surface area (Å²) in [6.07, 6.45) is 0. The Kier molecular flexibility index (Phi) is 7.56. The minimum Gasteiger partial charge on any atom is -0.486 e. The highest BCUT2D eigenvalue weighted by atomic mass is 35.5. The van der Waals surface area contributed by atoms with Crippen LogP contribution in [-0.4, -0.2) is 11.9 Å². The average Bonchev–Trinajstić information content (AvgIpc) is 3.25. The summed E-state index contributed by atoms with van der Waals surface area (Å²) in [7, 11) is 0. The van der Waals surface area contributed by atoms with Crippen LogP contribution in [0.2, 0.25) is 5.02 Å². The van der Waals surface area contributed by atoms with Crippen LogP contribution in [0, 0.1) is 5.92 Å². The number of para-hydroxylation sites is 1. The lowest BCUT2D eigenvalue weighted by atomic mass is 9.96. The first-order chi connectivity index (χ1) is 14.9. The Labute approximate surface area is 185 Å². The van der Waals surface area contributed by atoms with E-state index in [-0.39, 0.29) is 24.3 Å². The van der Waals surface area contributed by atoms with Gasteiger partial charge < -0.3 is 14.5 Å². The maximum Gasteiger partial charge on any atom is 0.333 e. The summed E-state index contributed by atoms with van der Waals surface area (Å²) in [5.41, 5.74) is 5.59. The molecule has 162 valence electrons. The number of hydrazine groups is 1. The van der Waals surface area contributed by atoms with E-state index in [1.165, 1.54) is 6.07 Å². The smallest absolute Gasteiger partial charge is 0.333 e. The molecule has 3 aromatic rings. The van der Waals surface area contributed by atoms with E-state index < -0.39 is 11.9 Å². The second-order valence-electron chi connectivity index (χ2n) is 7.19. The summed E-state index contributed by atoms with van der Waals surface area (Å²) in [6, 6.07) is 18.9. The van der Waals surface area contributed by atoms with Gasteiger partial charge in [-0.25, -0.2) is 10.2 Å². The molecule has 3 rings (SSSR count). The Morgan fingerprint density at radius 3 is 2.35 bits per heavy atom. The number of rotatable bonds is 7. The second-order valence-corrected chi connectivity index (χ2v) is 7.63. The second kappa shape index (κ2) is 10.5. The van der Waals surface area contributed by atoms with Crippen LogP contribution in [0.25, 0.3) is 0 Å². The molecule has 0 fully saturated rings. The maximum atomic E-state index is 12.3. The lowest BCUT2D eigenvalue weighted by Crippen LogP contribution is -2.48. The molecule has 0 radical (unpaired) electrons. The molecule has 1 aromatic heterocycles. The van der Waals surface area contributed by atoms with E-state index in [0.717, 1.165) is 5.56 Å². The van der Waals surface area contributed by atoms with Crippen molar-refractivity contribution < 1.29 is 18.7 Å². The molecule has 0 aliphatic heterocycles. The number of hydrogen-bond donors (Lipinski definition) is 3. The molecule has 8 heteroatoms. The topological polar surface area (TPSA) is 92.6 Å². The fourth-order valence-corrected chi connectivity index (χ4v) is 3.03. The molecule has 1 atom stereocenters. The van der Waals surface area contributed by atoms with Crippen molar-refractivity contribution in [1.29, 1.82) is 0 Å². The first-order valence-corrected chi connectivity index (χ1v) is 10.2. The summed E-state index contributed by atoms with van der Waals surface area (Å²) >= 11 is 5.93. The van der Waals surface area contributed by atoms with E-state index in [2.05, 4.69) is 16.2 Å². The highest BCUT2D eigenvalue weighted by Crippen LogP contribution is 2.23. The summed E-state index contributed by atoms with van der Waals surface area (Å²) in [6.45, 7) is 4.16. The Morgan fingerprint density at radius 2 is 1.68 bits per heavy atom. The number of nitrogens with one attached hydrogen (secondary N) is 3. The molecule has 0 aliphatic rings. The predicted molar refractivity (Wildman–Crippen MR) is 118 cm³/mol. The number of urea groups is 1. The zero-order valence-electron chi connectivity index (χ0n) is 17.2. The average molecular weight is 442 g/mol. The van der Waals surface area contributed by atoms with Gasteiger partial charge in [0.1, 0.15) is 18.1 Å². The monoisotopic (exact) mass is 441 g/mol. The fraction of sp³-hybridized carbons (Fsp3) is 0.217. The molecule has 3 amide bonds. The van der Waals surface area contributed by atoms with Crippen LogP contribution in [0.4, 0.5) is 4.79 Å². The zero-order valence-corrected chi connectivity index (χ0v) is 18.0. The fourth-order valence-electron chi connectivity index (χ4n) is 2.91. The van der Waals surface area contributed by atoms with Crippen LogP contribution < -0.4 is 20.9 Å². The molecule has 1 unspecified atom stereocenters. The Balaban J connectivity index is 1.50. The molecule has 0 saturated heterocycles. The summed E-state index contributed by atoms with van der Waals surface area (Å²) in [5, 5.41) is 3.46. The third-order valence-corrected chi connectivity index (χ3v) is 4.73. The lowest BCUT2D eigenvalue weighted by molar-refractivity contribution is 0.0903. The molecule has 1 heterocycles. The number of benzene rings is 2. The molecule has 31 heavy (non-hydrogen) atoms. The van der Waals surface area contributed by atoms with Crippen molar-refractivity contribution in [3.05, 3.63) is 88.8 Å². The largest absolute Gasteiger partial charge is 0.486 e. The van der Waals surface area contributed by atoms with Gasteiger partial charge in [0, 0.05) is 5.02 Å². The summed E-state index contributed by atoms with van der Waals surface area (Å²) in [5.74, 6) is 0.795. The molecule has 7 nitrogen and oxygen atoms in total. The first-order valence-electron chi connectivity index (χ1n) is 9.81. The van der Waals surface area contributed by atoms with Crippen molar-refractivity contribution >= 4 is 23.5 Å². The van der Waals surface area contributed by atoms with Gasteiger partial charge in [-0.3, -0.25) is 10.2 Å². The van der Waals surface area contributed by atoms with Gasteiger partial charge in [0.05, 0.1) is 6.04 Å². The Morgan fingerprint density at radius 1 is 0.968 bits per heavy atom. The first kappa shape index (κ1) is 22.2. The van der Waals surface area contributed by atoms with E-state index in [1.807, 2.05) is 56.3 Å². The number of carbonyl (C=O) groups excluding carboxylic acids is 2. The van der Waals surface area contributed by atoms with Gasteiger partial charge in [0.2, 0.25) is 0 Å². The highest BCUT2D eigenvalue weighted by Gasteiger charge is 2.19. The Hall–Kier alpha value is -3.45. The molecule has 3 N–H and O–H groups in total. The van der Waals surface area contributed by atoms with Gasteiger partial charge in [-0.05, 0) is 47.9 Å². The van der Waals surface area contributed by atoms with E-state index >= 15 is 0 Å². The third-order valence-electron chi connectivity index (χ3n) is 4.48. The minimum absolute atomic E-state index is 0.0603. The number of amides is 3. The number of halogens is 1. The van der Waals surface area contributed by atoms with Crippen LogP contribution in [0.1, 0.15) is 41.8 Å². The zero-order chi connectivity index (χ0) is 22.2. The van der Waals surface area contributed by atoms with Gasteiger partial charge in [-0.2, -0.15) is 0 Å². The van der Waals surface area contributed by atoms with Crippen molar-refractivity contribution in [2.75, 3.05) is 0 Å². The quantitative estimate of drug-likeness (QED) is 0.457. The van der Waals surface area contributed by atoms with E-state index in [4.69, 9.17) is 20.8 Å². The van der Waals surface area contributed by atoms with Crippen LogP contribution >= 0.6 is 11.6 Å². The molecule has 0 saturated carbocycles. The lowest BCUT2D eigenvalue weighted by Gasteiger charge is -2.23. The maximum absolute atomic E-state index is 12.3. The summed E-state index contributed by atoms with van der Waals surface area (Å²) < 4.78 is 11.1. The SMILES string of the molecule is CC(C)C(NC(=O)NNC(=O)c1ccc(COc2ccccc2)o1)c1ccc(Cl)cc1. The van der Waals surface area contributed by atoms with Crippen LogP contribution in [0.15, 0.2) is 71.1 Å². The van der Waals surface area contributed by atoms with Crippen LogP contribution in [0.3, 0.4) is 0 Å². The Bertz CT molecular complexity index is 1000. The number of ether oxygens (including phenoxy) is 1. The molecular weight excluding hydrogens is 418 g/mol. The highest BCUT2D eigenvalue weighted by molar-refractivity contribution is 6.30. The van der Waals surface area contributed by atoms with E-state index in [0.29, 0.717) is 16.5 Å². The van der Waals surface area contributed by atoms with Gasteiger partial charge in [0.15, 0.2) is 5.76 Å². The van der Waals surface area contributed by atoms with Gasteiger partial charge in [0.25, 0.3) is 0 Å². The van der Waals surface area contributed by atoms with Crippen molar-refractivity contribution in [3.8, 4) is 5.75 Å². The summed E-state index contributed by atoms with van der Waals surface area (Å²) in [4.78, 5) is 24.5. The minimum atomic E-state index is -0.575. The predicted octanol–water partition coefficient (Wildman–Crippen LogP) is 4.85. The molecule has 2 aromatic carbocycles. The van der Waals surface area contributed by atoms with Crippen molar-refractivity contribution in [2.24, 2.45) is 5.92 Å². The third kappa shape index (κ3) is 6.52. The van der Waals surface area contributed by atoms with E-state index in [9.17, 15) is 9.59 Å². The van der Waals surface area contributed by atoms with Crippen molar-refractivity contribution in [1.82, 2.24) is 16.2 Å². The number of hydrogen-bond acceptors (Lipinski definition) is 4.